The monoisotopic (exact) mass is 231 g/mol. The molecule has 15 heavy (non-hydrogen) atoms. The SMILES string of the molecule is Cl.O=C(O)c1ccc(CN2CCCC2)o1. The summed E-state index contributed by atoms with van der Waals surface area (Å²) in [4.78, 5) is 12.8. The molecule has 0 spiro atoms. The van der Waals surface area contributed by atoms with E-state index >= 15 is 0 Å². The number of carboxylic acids is 1. The maximum atomic E-state index is 10.5. The number of hydrogen-bond acceptors (Lipinski definition) is 3. The Bertz CT molecular complexity index is 331. The molecule has 2 rings (SSSR count). The molecule has 1 aliphatic rings. The van der Waals surface area contributed by atoms with E-state index in [1.54, 1.807) is 6.07 Å². The fraction of sp³-hybridized carbons (Fsp3) is 0.500. The van der Waals surface area contributed by atoms with Crippen LogP contribution in [0.1, 0.15) is 29.2 Å². The zero-order chi connectivity index (χ0) is 9.97. The van der Waals surface area contributed by atoms with Gasteiger partial charge in [0.05, 0.1) is 6.54 Å². The third kappa shape index (κ3) is 2.97. The van der Waals surface area contributed by atoms with Gasteiger partial charge in [0.15, 0.2) is 0 Å². The van der Waals surface area contributed by atoms with Crippen LogP contribution in [-0.2, 0) is 6.54 Å². The van der Waals surface area contributed by atoms with E-state index < -0.39 is 5.97 Å². The number of furan rings is 1. The zero-order valence-electron chi connectivity index (χ0n) is 8.31. The number of aromatic carboxylic acids is 1. The van der Waals surface area contributed by atoms with Crippen LogP contribution in [0.3, 0.4) is 0 Å². The summed E-state index contributed by atoms with van der Waals surface area (Å²) >= 11 is 0. The van der Waals surface area contributed by atoms with E-state index in [-0.39, 0.29) is 18.2 Å². The number of likely N-dealkylation sites (tertiary alicyclic amines) is 1. The molecule has 1 aromatic heterocycles. The average Bonchev–Trinajstić information content (AvgIpc) is 2.75. The van der Waals surface area contributed by atoms with Gasteiger partial charge in [-0.3, -0.25) is 4.90 Å². The molecule has 84 valence electrons. The molecule has 0 unspecified atom stereocenters. The zero-order valence-corrected chi connectivity index (χ0v) is 9.13. The minimum Gasteiger partial charge on any atom is -0.475 e. The van der Waals surface area contributed by atoms with Crippen LogP contribution < -0.4 is 0 Å². The van der Waals surface area contributed by atoms with Crippen molar-refractivity contribution in [2.24, 2.45) is 0 Å². The Kier molecular flexibility index (Phi) is 4.17. The van der Waals surface area contributed by atoms with Gasteiger partial charge in [-0.1, -0.05) is 0 Å². The van der Waals surface area contributed by atoms with Gasteiger partial charge in [0.25, 0.3) is 0 Å². The predicted molar refractivity (Wildman–Crippen MR) is 57.4 cm³/mol. The summed E-state index contributed by atoms with van der Waals surface area (Å²) in [6.07, 6.45) is 2.46. The standard InChI is InChI=1S/C10H13NO3.ClH/c12-10(13)9-4-3-8(14-9)7-11-5-1-2-6-11;/h3-4H,1-2,5-7H2,(H,12,13);1H. The van der Waals surface area contributed by atoms with Crippen molar-refractivity contribution in [3.8, 4) is 0 Å². The van der Waals surface area contributed by atoms with E-state index in [0.717, 1.165) is 25.4 Å². The van der Waals surface area contributed by atoms with Crippen LogP contribution in [0.2, 0.25) is 0 Å². The molecule has 1 saturated heterocycles. The normalized spacial score (nSPS) is 16.3. The quantitative estimate of drug-likeness (QED) is 0.865. The van der Waals surface area contributed by atoms with Crippen molar-refractivity contribution in [3.05, 3.63) is 23.7 Å². The highest BCUT2D eigenvalue weighted by molar-refractivity contribution is 5.85. The Morgan fingerprint density at radius 3 is 2.60 bits per heavy atom. The minimum atomic E-state index is -1.00. The van der Waals surface area contributed by atoms with Gasteiger partial charge in [-0.2, -0.15) is 0 Å². The van der Waals surface area contributed by atoms with Crippen molar-refractivity contribution in [1.29, 1.82) is 0 Å². The van der Waals surface area contributed by atoms with Crippen LogP contribution in [0.5, 0.6) is 0 Å². The van der Waals surface area contributed by atoms with Crippen molar-refractivity contribution < 1.29 is 14.3 Å². The number of nitrogens with zero attached hydrogens (tertiary/aromatic N) is 1. The molecule has 0 aliphatic carbocycles. The molecule has 0 amide bonds. The first-order valence-corrected chi connectivity index (χ1v) is 4.80. The second-order valence-electron chi connectivity index (χ2n) is 3.55. The van der Waals surface area contributed by atoms with Gasteiger partial charge in [-0.05, 0) is 38.1 Å². The van der Waals surface area contributed by atoms with Crippen LogP contribution in [0, 0.1) is 0 Å². The van der Waals surface area contributed by atoms with Crippen LogP contribution in [0.25, 0.3) is 0 Å². The first-order chi connectivity index (χ1) is 6.75. The fourth-order valence-electron chi connectivity index (χ4n) is 1.74. The summed E-state index contributed by atoms with van der Waals surface area (Å²) in [5.74, 6) is -0.235. The fourth-order valence-corrected chi connectivity index (χ4v) is 1.74. The Labute approximate surface area is 94.3 Å². The number of carboxylic acid groups (broad SMARTS) is 1. The molecule has 0 saturated carbocycles. The highest BCUT2D eigenvalue weighted by atomic mass is 35.5. The molecule has 0 bridgehead atoms. The second-order valence-corrected chi connectivity index (χ2v) is 3.55. The van der Waals surface area contributed by atoms with Gasteiger partial charge < -0.3 is 9.52 Å². The number of carbonyl (C=O) groups is 1. The van der Waals surface area contributed by atoms with Crippen molar-refractivity contribution >= 4 is 18.4 Å². The van der Waals surface area contributed by atoms with Crippen LogP contribution in [0.15, 0.2) is 16.5 Å². The van der Waals surface area contributed by atoms with Gasteiger partial charge in [0.1, 0.15) is 5.76 Å². The molecule has 1 aliphatic heterocycles. The molecular weight excluding hydrogens is 218 g/mol. The maximum Gasteiger partial charge on any atom is 0.371 e. The summed E-state index contributed by atoms with van der Waals surface area (Å²) in [7, 11) is 0. The van der Waals surface area contributed by atoms with Crippen molar-refractivity contribution in [3.63, 3.8) is 0 Å². The van der Waals surface area contributed by atoms with Gasteiger partial charge in [-0.25, -0.2) is 4.79 Å². The smallest absolute Gasteiger partial charge is 0.371 e. The van der Waals surface area contributed by atoms with Gasteiger partial charge in [-0.15, -0.1) is 12.4 Å². The lowest BCUT2D eigenvalue weighted by molar-refractivity contribution is 0.0659. The Morgan fingerprint density at radius 2 is 2.07 bits per heavy atom. The largest absolute Gasteiger partial charge is 0.475 e. The first kappa shape index (κ1) is 12.1. The van der Waals surface area contributed by atoms with E-state index in [2.05, 4.69) is 4.90 Å². The topological polar surface area (TPSA) is 53.7 Å². The number of halogens is 1. The van der Waals surface area contributed by atoms with E-state index in [1.165, 1.54) is 18.9 Å². The van der Waals surface area contributed by atoms with Crippen LogP contribution in [0.4, 0.5) is 0 Å². The summed E-state index contributed by atoms with van der Waals surface area (Å²) < 4.78 is 5.17. The summed E-state index contributed by atoms with van der Waals surface area (Å²) in [5, 5.41) is 8.65. The van der Waals surface area contributed by atoms with Crippen molar-refractivity contribution in [1.82, 2.24) is 4.90 Å². The van der Waals surface area contributed by atoms with E-state index in [4.69, 9.17) is 9.52 Å². The molecule has 5 heteroatoms. The molecule has 1 N–H and O–H groups in total. The molecule has 2 heterocycles. The lowest BCUT2D eigenvalue weighted by atomic mass is 10.4. The third-order valence-corrected chi connectivity index (χ3v) is 2.45. The van der Waals surface area contributed by atoms with E-state index in [1.807, 2.05) is 0 Å². The molecular formula is C10H14ClNO3. The highest BCUT2D eigenvalue weighted by Crippen LogP contribution is 2.14. The van der Waals surface area contributed by atoms with Gasteiger partial charge >= 0.3 is 5.97 Å². The molecule has 0 atom stereocenters. The summed E-state index contributed by atoms with van der Waals surface area (Å²) in [6, 6.07) is 3.25. The van der Waals surface area contributed by atoms with Crippen LogP contribution >= 0.6 is 12.4 Å². The molecule has 1 aromatic rings. The van der Waals surface area contributed by atoms with Gasteiger partial charge in [0, 0.05) is 0 Å². The lowest BCUT2D eigenvalue weighted by Crippen LogP contribution is -2.17. The maximum absolute atomic E-state index is 10.5. The van der Waals surface area contributed by atoms with Gasteiger partial charge in [0.2, 0.25) is 5.76 Å². The average molecular weight is 232 g/mol. The van der Waals surface area contributed by atoms with Crippen molar-refractivity contribution in [2.45, 2.75) is 19.4 Å². The highest BCUT2D eigenvalue weighted by Gasteiger charge is 2.15. The van der Waals surface area contributed by atoms with E-state index in [9.17, 15) is 4.79 Å². The second kappa shape index (κ2) is 5.19. The molecule has 1 fully saturated rings. The Morgan fingerprint density at radius 1 is 1.40 bits per heavy atom. The van der Waals surface area contributed by atoms with E-state index in [0.29, 0.717) is 0 Å². The number of hydrogen-bond donors (Lipinski definition) is 1. The molecule has 0 radical (unpaired) electrons. The minimum absolute atomic E-state index is 0. The first-order valence-electron chi connectivity index (χ1n) is 4.80. The predicted octanol–water partition coefficient (Wildman–Crippen LogP) is 2.00. The van der Waals surface area contributed by atoms with Crippen molar-refractivity contribution in [2.75, 3.05) is 13.1 Å². The Balaban J connectivity index is 0.00000112. The number of rotatable bonds is 3. The summed E-state index contributed by atoms with van der Waals surface area (Å²) in [6.45, 7) is 2.90. The van der Waals surface area contributed by atoms with Crippen LogP contribution in [-0.4, -0.2) is 29.1 Å². The third-order valence-electron chi connectivity index (χ3n) is 2.45. The molecule has 4 nitrogen and oxygen atoms in total. The lowest BCUT2D eigenvalue weighted by Gasteiger charge is -2.11. The summed E-state index contributed by atoms with van der Waals surface area (Å²) in [5.41, 5.74) is 0. The Hall–Kier alpha value is -1.00. The molecule has 0 aromatic carbocycles.